The Kier molecular flexibility index (Phi) is 4.45. The van der Waals surface area contributed by atoms with Gasteiger partial charge in [-0.1, -0.05) is 26.2 Å². The average molecular weight is 264 g/mol. The van der Waals surface area contributed by atoms with Gasteiger partial charge in [0.15, 0.2) is 5.82 Å². The van der Waals surface area contributed by atoms with Gasteiger partial charge in [-0.25, -0.2) is 0 Å². The topological polar surface area (TPSA) is 83.8 Å². The minimum absolute atomic E-state index is 0.118. The third kappa shape index (κ3) is 3.49. The number of carbonyl (C=O) groups is 1. The smallest absolute Gasteiger partial charge is 0.256 e. The zero-order valence-electron chi connectivity index (χ0n) is 11.8. The lowest BCUT2D eigenvalue weighted by atomic mass is 9.81. The van der Waals surface area contributed by atoms with E-state index in [1.54, 1.807) is 6.92 Å². The van der Waals surface area contributed by atoms with Gasteiger partial charge in [-0.05, 0) is 31.6 Å². The lowest BCUT2D eigenvalue weighted by Crippen LogP contribution is -2.28. The van der Waals surface area contributed by atoms with Gasteiger partial charge in [0.1, 0.15) is 5.56 Å². The number of aromatic amines is 1. The van der Waals surface area contributed by atoms with Crippen molar-refractivity contribution in [3.63, 3.8) is 0 Å². The zero-order valence-corrected chi connectivity index (χ0v) is 11.8. The van der Waals surface area contributed by atoms with E-state index in [1.807, 2.05) is 0 Å². The molecule has 2 rings (SSSR count). The molecule has 0 aliphatic heterocycles. The Morgan fingerprint density at radius 3 is 2.95 bits per heavy atom. The van der Waals surface area contributed by atoms with Gasteiger partial charge >= 0.3 is 0 Å². The summed E-state index contributed by atoms with van der Waals surface area (Å²) >= 11 is 0. The number of amides is 1. The van der Waals surface area contributed by atoms with Crippen molar-refractivity contribution in [2.45, 2.75) is 46.0 Å². The van der Waals surface area contributed by atoms with Crippen molar-refractivity contribution in [1.29, 1.82) is 0 Å². The summed E-state index contributed by atoms with van der Waals surface area (Å²) in [5, 5.41) is 9.51. The molecule has 2 unspecified atom stereocenters. The number of nitrogens with zero attached hydrogens (tertiary/aromatic N) is 1. The Labute approximate surface area is 114 Å². The Morgan fingerprint density at radius 1 is 1.53 bits per heavy atom. The van der Waals surface area contributed by atoms with E-state index < -0.39 is 0 Å². The van der Waals surface area contributed by atoms with Crippen LogP contribution in [0.15, 0.2) is 0 Å². The van der Waals surface area contributed by atoms with Crippen LogP contribution in [-0.4, -0.2) is 22.6 Å². The Balaban J connectivity index is 1.78. The van der Waals surface area contributed by atoms with E-state index >= 15 is 0 Å². The van der Waals surface area contributed by atoms with Crippen molar-refractivity contribution in [2.24, 2.45) is 11.8 Å². The summed E-state index contributed by atoms with van der Waals surface area (Å²) in [6.45, 7) is 4.85. The second-order valence-electron chi connectivity index (χ2n) is 5.79. The molecule has 1 heterocycles. The fourth-order valence-corrected chi connectivity index (χ4v) is 3.03. The maximum atomic E-state index is 12.0. The number of hydrogen-bond acceptors (Lipinski definition) is 3. The minimum Gasteiger partial charge on any atom is -0.382 e. The van der Waals surface area contributed by atoms with Crippen LogP contribution in [0.3, 0.4) is 0 Å². The van der Waals surface area contributed by atoms with Gasteiger partial charge in [0, 0.05) is 12.2 Å². The first-order valence-corrected chi connectivity index (χ1v) is 7.16. The summed E-state index contributed by atoms with van der Waals surface area (Å²) in [6, 6.07) is 0. The average Bonchev–Trinajstić information content (AvgIpc) is 2.69. The summed E-state index contributed by atoms with van der Waals surface area (Å²) in [5.74, 6) is 1.75. The number of nitrogens with two attached hydrogens (primary N) is 1. The van der Waals surface area contributed by atoms with Gasteiger partial charge in [0.25, 0.3) is 5.91 Å². The van der Waals surface area contributed by atoms with Gasteiger partial charge in [-0.2, -0.15) is 5.10 Å². The van der Waals surface area contributed by atoms with Crippen LogP contribution in [0.25, 0.3) is 0 Å². The molecule has 4 N–H and O–H groups in total. The fraction of sp³-hybridized carbons (Fsp3) is 0.714. The molecule has 0 radical (unpaired) electrons. The van der Waals surface area contributed by atoms with Crippen LogP contribution in [0.1, 0.15) is 55.1 Å². The van der Waals surface area contributed by atoms with Crippen molar-refractivity contribution >= 4 is 11.7 Å². The van der Waals surface area contributed by atoms with E-state index in [1.165, 1.54) is 25.7 Å². The van der Waals surface area contributed by atoms with E-state index in [2.05, 4.69) is 22.4 Å². The molecule has 1 aliphatic rings. The zero-order chi connectivity index (χ0) is 13.8. The number of hydrogen-bond donors (Lipinski definition) is 3. The molecule has 0 bridgehead atoms. The van der Waals surface area contributed by atoms with Crippen LogP contribution in [0.2, 0.25) is 0 Å². The largest absolute Gasteiger partial charge is 0.382 e. The number of H-pyrrole nitrogens is 1. The standard InChI is InChI=1S/C14H24N4O/c1-9-4-3-5-11(8-9)6-7-16-14(19)12-10(2)17-18-13(12)15/h9,11H,3-8H2,1-2H3,(H,16,19)(H3,15,17,18). The van der Waals surface area contributed by atoms with Gasteiger partial charge in [0.05, 0.1) is 0 Å². The summed E-state index contributed by atoms with van der Waals surface area (Å²) in [7, 11) is 0. The molecule has 1 aromatic heterocycles. The van der Waals surface area contributed by atoms with Gasteiger partial charge < -0.3 is 11.1 Å². The predicted octanol–water partition coefficient (Wildman–Crippen LogP) is 2.25. The molecular weight excluding hydrogens is 240 g/mol. The highest BCUT2D eigenvalue weighted by Crippen LogP contribution is 2.30. The van der Waals surface area contributed by atoms with Crippen molar-refractivity contribution in [3.8, 4) is 0 Å². The normalized spacial score (nSPS) is 23.3. The first-order chi connectivity index (χ1) is 9.08. The highest BCUT2D eigenvalue weighted by molar-refractivity contribution is 5.99. The number of anilines is 1. The summed E-state index contributed by atoms with van der Waals surface area (Å²) in [4.78, 5) is 12.0. The molecule has 1 amide bonds. The second kappa shape index (κ2) is 6.08. The molecule has 1 aromatic rings. The third-order valence-corrected chi connectivity index (χ3v) is 4.09. The number of carbonyl (C=O) groups excluding carboxylic acids is 1. The number of nitrogen functional groups attached to an aromatic ring is 1. The number of aromatic nitrogens is 2. The molecule has 5 nitrogen and oxygen atoms in total. The number of aryl methyl sites for hydroxylation is 1. The van der Waals surface area contributed by atoms with E-state index in [4.69, 9.17) is 5.73 Å². The third-order valence-electron chi connectivity index (χ3n) is 4.09. The highest BCUT2D eigenvalue weighted by Gasteiger charge is 2.20. The molecule has 0 saturated heterocycles. The van der Waals surface area contributed by atoms with Crippen molar-refractivity contribution in [2.75, 3.05) is 12.3 Å². The molecule has 1 fully saturated rings. The van der Waals surface area contributed by atoms with Crippen LogP contribution < -0.4 is 11.1 Å². The fourth-order valence-electron chi connectivity index (χ4n) is 3.03. The van der Waals surface area contributed by atoms with E-state index in [0.717, 1.165) is 30.5 Å². The molecule has 5 heteroatoms. The summed E-state index contributed by atoms with van der Waals surface area (Å²) in [5.41, 5.74) is 6.88. The Hall–Kier alpha value is -1.52. The minimum atomic E-state index is -0.118. The molecule has 106 valence electrons. The highest BCUT2D eigenvalue weighted by atomic mass is 16.1. The van der Waals surface area contributed by atoms with E-state index in [0.29, 0.717) is 5.56 Å². The molecule has 0 aromatic carbocycles. The first kappa shape index (κ1) is 13.9. The number of rotatable bonds is 4. The first-order valence-electron chi connectivity index (χ1n) is 7.16. The van der Waals surface area contributed by atoms with Crippen LogP contribution in [0.4, 0.5) is 5.82 Å². The van der Waals surface area contributed by atoms with Crippen LogP contribution in [-0.2, 0) is 0 Å². The van der Waals surface area contributed by atoms with Crippen molar-refractivity contribution in [1.82, 2.24) is 15.5 Å². The second-order valence-corrected chi connectivity index (χ2v) is 5.79. The summed E-state index contributed by atoms with van der Waals surface area (Å²) < 4.78 is 0. The van der Waals surface area contributed by atoms with Gasteiger partial charge in [-0.15, -0.1) is 0 Å². The monoisotopic (exact) mass is 264 g/mol. The molecule has 2 atom stereocenters. The summed E-state index contributed by atoms with van der Waals surface area (Å²) in [6.07, 6.45) is 6.34. The lowest BCUT2D eigenvalue weighted by Gasteiger charge is -2.26. The van der Waals surface area contributed by atoms with Crippen LogP contribution in [0, 0.1) is 18.8 Å². The maximum absolute atomic E-state index is 12.0. The van der Waals surface area contributed by atoms with Gasteiger partial charge in [0.2, 0.25) is 0 Å². The Bertz CT molecular complexity index is 421. The van der Waals surface area contributed by atoms with E-state index in [-0.39, 0.29) is 11.7 Å². The molecule has 19 heavy (non-hydrogen) atoms. The van der Waals surface area contributed by atoms with Crippen LogP contribution in [0.5, 0.6) is 0 Å². The quantitative estimate of drug-likeness (QED) is 0.779. The van der Waals surface area contributed by atoms with Crippen LogP contribution >= 0.6 is 0 Å². The predicted molar refractivity (Wildman–Crippen MR) is 75.8 cm³/mol. The van der Waals surface area contributed by atoms with Crippen molar-refractivity contribution < 1.29 is 4.79 Å². The van der Waals surface area contributed by atoms with E-state index in [9.17, 15) is 4.79 Å². The molecular formula is C14H24N4O. The molecule has 1 aliphatic carbocycles. The molecule has 0 spiro atoms. The lowest BCUT2D eigenvalue weighted by molar-refractivity contribution is 0.0950. The van der Waals surface area contributed by atoms with Crippen molar-refractivity contribution in [3.05, 3.63) is 11.3 Å². The molecule has 1 saturated carbocycles. The Morgan fingerprint density at radius 2 is 2.32 bits per heavy atom. The number of nitrogens with one attached hydrogen (secondary N) is 2. The SMILES string of the molecule is Cc1[nH]nc(N)c1C(=O)NCCC1CCCC(C)C1. The maximum Gasteiger partial charge on any atom is 0.256 e. The van der Waals surface area contributed by atoms with Gasteiger partial charge in [-0.3, -0.25) is 9.89 Å².